The summed E-state index contributed by atoms with van der Waals surface area (Å²) in [5.41, 5.74) is -1.12. The van der Waals surface area contributed by atoms with Crippen molar-refractivity contribution in [2.45, 2.75) is 96.8 Å². The Balaban J connectivity index is 2.62. The van der Waals surface area contributed by atoms with E-state index in [0.717, 1.165) is 6.42 Å². The Morgan fingerprint density at radius 2 is 1.73 bits per heavy atom. The van der Waals surface area contributed by atoms with E-state index in [1.165, 1.54) is 6.92 Å². The minimum Gasteiger partial charge on any atom is -0.458 e. The number of carbonyl (C=O) groups excluding carboxylic acids is 3. The van der Waals surface area contributed by atoms with E-state index in [0.29, 0.717) is 25.4 Å². The normalized spacial score (nSPS) is 39.6. The number of allylic oxidation sites excluding steroid dienone is 5. The lowest BCUT2D eigenvalue weighted by atomic mass is 9.58. The van der Waals surface area contributed by atoms with E-state index in [9.17, 15) is 19.5 Å². The predicted octanol–water partition coefficient (Wildman–Crippen LogP) is 6.67. The molecule has 6 nitrogen and oxygen atoms in total. The third-order valence-electron chi connectivity index (χ3n) is 8.30. The summed E-state index contributed by atoms with van der Waals surface area (Å²) in [6.45, 7) is 15.4. The SMILES string of the molecule is C/C=C\[C@@H]1C[C@@](C)(O)[C@H](OCCC(C)C)[C@@H](C)[C@H]1[C@H]1C[C@H](C)/C=C\C=C\[C@H](C)OC(=O)[C@@H](C)C(=O)C(Cl)(Cl)C1=O. The molecule has 40 heavy (non-hydrogen) atoms. The minimum atomic E-state index is -2.44. The van der Waals surface area contributed by atoms with Gasteiger partial charge in [0.25, 0.3) is 0 Å². The van der Waals surface area contributed by atoms with Crippen LogP contribution >= 0.6 is 23.2 Å². The Labute approximate surface area is 250 Å². The van der Waals surface area contributed by atoms with Gasteiger partial charge in [-0.1, -0.05) is 81.3 Å². The van der Waals surface area contributed by atoms with E-state index in [1.807, 2.05) is 45.1 Å². The maximum absolute atomic E-state index is 14.3. The summed E-state index contributed by atoms with van der Waals surface area (Å²) < 4.78 is 9.24. The predicted molar refractivity (Wildman–Crippen MR) is 160 cm³/mol. The number of ketones is 2. The molecule has 0 radical (unpaired) electrons. The maximum atomic E-state index is 14.3. The second-order valence-electron chi connectivity index (χ2n) is 12.4. The van der Waals surface area contributed by atoms with Crippen LogP contribution in [0.15, 0.2) is 36.5 Å². The van der Waals surface area contributed by atoms with E-state index in [-0.39, 0.29) is 23.7 Å². The van der Waals surface area contributed by atoms with Crippen molar-refractivity contribution >= 4 is 40.7 Å². The Bertz CT molecular complexity index is 982. The molecule has 2 aliphatic rings. The van der Waals surface area contributed by atoms with Crippen LogP contribution in [0.2, 0.25) is 0 Å². The smallest absolute Gasteiger partial charge is 0.316 e. The van der Waals surface area contributed by atoms with Crippen molar-refractivity contribution in [2.75, 3.05) is 6.61 Å². The first-order valence-corrected chi connectivity index (χ1v) is 15.3. The number of aliphatic hydroxyl groups is 1. The van der Waals surface area contributed by atoms with Crippen LogP contribution in [0, 0.1) is 41.4 Å². The molecule has 8 heteroatoms. The van der Waals surface area contributed by atoms with Gasteiger partial charge in [0, 0.05) is 12.5 Å². The summed E-state index contributed by atoms with van der Waals surface area (Å²) in [6, 6.07) is 0. The number of Topliss-reactive ketones (excluding diaryl/α,β-unsaturated/α-hetero) is 2. The van der Waals surface area contributed by atoms with Crippen molar-refractivity contribution in [2.24, 2.45) is 41.4 Å². The molecule has 0 saturated heterocycles. The summed E-state index contributed by atoms with van der Waals surface area (Å²) in [6.07, 6.45) is 11.8. The van der Waals surface area contributed by atoms with Crippen molar-refractivity contribution in [3.63, 3.8) is 0 Å². The number of halogens is 2. The zero-order valence-corrected chi connectivity index (χ0v) is 26.7. The lowest BCUT2D eigenvalue weighted by Gasteiger charge is -2.51. The summed E-state index contributed by atoms with van der Waals surface area (Å²) >= 11 is 13.2. The number of alkyl halides is 2. The molecule has 226 valence electrons. The highest BCUT2D eigenvalue weighted by Gasteiger charge is 2.56. The molecular formula is C32H48Cl2O6. The van der Waals surface area contributed by atoms with Crippen LogP contribution < -0.4 is 0 Å². The second kappa shape index (κ2) is 14.6. The molecule has 0 bridgehead atoms. The zero-order valence-electron chi connectivity index (χ0n) is 25.2. The van der Waals surface area contributed by atoms with E-state index < -0.39 is 51.5 Å². The first-order valence-electron chi connectivity index (χ1n) is 14.5. The molecule has 1 saturated carbocycles. The summed E-state index contributed by atoms with van der Waals surface area (Å²) in [4.78, 5) is 40.4. The van der Waals surface area contributed by atoms with Gasteiger partial charge in [-0.05, 0) is 82.6 Å². The first kappa shape index (κ1) is 34.7. The molecule has 0 aromatic carbocycles. The summed E-state index contributed by atoms with van der Waals surface area (Å²) in [7, 11) is 0. The third-order valence-corrected chi connectivity index (χ3v) is 9.05. The molecule has 0 unspecified atom stereocenters. The Morgan fingerprint density at radius 1 is 1.10 bits per heavy atom. The molecule has 0 aromatic rings. The van der Waals surface area contributed by atoms with Gasteiger partial charge in [0.1, 0.15) is 12.0 Å². The summed E-state index contributed by atoms with van der Waals surface area (Å²) in [5, 5.41) is 11.5. The lowest BCUT2D eigenvalue weighted by molar-refractivity contribution is -0.178. The number of esters is 1. The number of cyclic esters (lactones) is 1. The lowest BCUT2D eigenvalue weighted by Crippen LogP contribution is -2.58. The van der Waals surface area contributed by atoms with E-state index in [4.69, 9.17) is 32.7 Å². The number of hydrogen-bond donors (Lipinski definition) is 1. The van der Waals surface area contributed by atoms with Gasteiger partial charge in [-0.15, -0.1) is 0 Å². The standard InChI is InChI=1S/C32H48Cl2O6/c1-9-12-24-18-31(8,38)29(39-16-15-19(2)3)22(6)26(24)25-17-20(4)13-10-11-14-21(5)40-30(37)23(7)27(35)32(33,34)28(25)36/h9-14,19-26,29,38H,15-18H2,1-8H3/b12-9-,13-10-,14-11+/t20-,21+,22+,23+,24-,25-,26-,29-,31-/m1/s1. The Hall–Kier alpha value is -1.47. The largest absolute Gasteiger partial charge is 0.458 e. The minimum absolute atomic E-state index is 0.0581. The number of carbonyl (C=O) groups is 3. The monoisotopic (exact) mass is 598 g/mol. The molecular weight excluding hydrogens is 551 g/mol. The van der Waals surface area contributed by atoms with Crippen LogP contribution in [0.1, 0.15) is 74.7 Å². The molecule has 1 aliphatic carbocycles. The van der Waals surface area contributed by atoms with Gasteiger partial charge >= 0.3 is 5.97 Å². The van der Waals surface area contributed by atoms with Crippen LogP contribution in [0.3, 0.4) is 0 Å². The fraction of sp³-hybridized carbons (Fsp3) is 0.719. The quantitative estimate of drug-likeness (QED) is 0.159. The molecule has 1 heterocycles. The maximum Gasteiger partial charge on any atom is 0.316 e. The van der Waals surface area contributed by atoms with E-state index in [1.54, 1.807) is 26.0 Å². The molecule has 0 aromatic heterocycles. The average Bonchev–Trinajstić information content (AvgIpc) is 2.85. The van der Waals surface area contributed by atoms with Gasteiger partial charge in [0.2, 0.25) is 4.33 Å². The highest BCUT2D eigenvalue weighted by atomic mass is 35.5. The molecule has 2 rings (SSSR count). The molecule has 1 aliphatic heterocycles. The molecule has 1 N–H and O–H groups in total. The van der Waals surface area contributed by atoms with E-state index in [2.05, 4.69) is 13.8 Å². The van der Waals surface area contributed by atoms with Gasteiger partial charge in [-0.3, -0.25) is 14.4 Å². The van der Waals surface area contributed by atoms with Gasteiger partial charge in [0.15, 0.2) is 11.6 Å². The fourth-order valence-corrected chi connectivity index (χ4v) is 6.82. The van der Waals surface area contributed by atoms with Crippen molar-refractivity contribution in [1.82, 2.24) is 0 Å². The van der Waals surface area contributed by atoms with Crippen LogP contribution in [0.25, 0.3) is 0 Å². The number of ether oxygens (including phenoxy) is 2. The second-order valence-corrected chi connectivity index (χ2v) is 13.7. The van der Waals surface area contributed by atoms with Crippen molar-refractivity contribution in [1.29, 1.82) is 0 Å². The van der Waals surface area contributed by atoms with Crippen molar-refractivity contribution in [3.8, 4) is 0 Å². The van der Waals surface area contributed by atoms with E-state index >= 15 is 0 Å². The van der Waals surface area contributed by atoms with Crippen LogP contribution in [0.5, 0.6) is 0 Å². The third kappa shape index (κ3) is 8.53. The highest BCUT2D eigenvalue weighted by Crippen LogP contribution is 2.49. The number of rotatable bonds is 6. The Morgan fingerprint density at radius 3 is 2.33 bits per heavy atom. The van der Waals surface area contributed by atoms with Crippen molar-refractivity contribution in [3.05, 3.63) is 36.5 Å². The van der Waals surface area contributed by atoms with Crippen LogP contribution in [-0.2, 0) is 23.9 Å². The topological polar surface area (TPSA) is 89.9 Å². The zero-order chi connectivity index (χ0) is 30.4. The van der Waals surface area contributed by atoms with Gasteiger partial charge in [-0.25, -0.2) is 0 Å². The fourth-order valence-electron chi connectivity index (χ4n) is 6.21. The average molecular weight is 600 g/mol. The van der Waals surface area contributed by atoms with Crippen LogP contribution in [-0.4, -0.2) is 51.4 Å². The highest BCUT2D eigenvalue weighted by molar-refractivity contribution is 6.68. The molecule has 1 fully saturated rings. The molecule has 9 atom stereocenters. The Kier molecular flexibility index (Phi) is 12.7. The number of hydrogen-bond acceptors (Lipinski definition) is 6. The van der Waals surface area contributed by atoms with Crippen LogP contribution in [0.4, 0.5) is 0 Å². The molecule has 0 amide bonds. The van der Waals surface area contributed by atoms with Gasteiger partial charge < -0.3 is 14.6 Å². The molecule has 0 spiro atoms. The summed E-state index contributed by atoms with van der Waals surface area (Å²) in [5.74, 6) is -4.77. The first-order chi connectivity index (χ1) is 18.5. The van der Waals surface area contributed by atoms with Gasteiger partial charge in [-0.2, -0.15) is 0 Å². The van der Waals surface area contributed by atoms with Gasteiger partial charge in [0.05, 0.1) is 11.7 Å². The van der Waals surface area contributed by atoms with Crippen molar-refractivity contribution < 1.29 is 29.0 Å².